The van der Waals surface area contributed by atoms with E-state index in [0.29, 0.717) is 22.6 Å². The lowest BCUT2D eigenvalue weighted by atomic mass is 9.95. The van der Waals surface area contributed by atoms with Gasteiger partial charge >= 0.3 is 18.0 Å². The second kappa shape index (κ2) is 9.75. The number of aryl methyl sites for hydroxylation is 1. The number of nitrogens with one attached hydrogen (secondary N) is 2. The average Bonchev–Trinajstić information content (AvgIpc) is 2.73. The molecule has 0 radical (unpaired) electrons. The Balaban J connectivity index is 1.73. The Bertz CT molecular complexity index is 1050. The molecule has 2 amide bonds. The van der Waals surface area contributed by atoms with E-state index in [1.165, 1.54) is 6.08 Å². The highest BCUT2D eigenvalue weighted by Gasteiger charge is 2.32. The molecule has 0 fully saturated rings. The van der Waals surface area contributed by atoms with Gasteiger partial charge < -0.3 is 20.1 Å². The van der Waals surface area contributed by atoms with Crippen LogP contribution in [0.1, 0.15) is 36.6 Å². The van der Waals surface area contributed by atoms with Crippen molar-refractivity contribution in [2.24, 2.45) is 0 Å². The van der Waals surface area contributed by atoms with Crippen LogP contribution in [-0.4, -0.2) is 24.6 Å². The van der Waals surface area contributed by atoms with Crippen molar-refractivity contribution in [3.05, 3.63) is 82.6 Å². The molecule has 3 rings (SSSR count). The number of benzene rings is 2. The Labute approximate surface area is 180 Å². The molecule has 2 aromatic carbocycles. The molecule has 1 heterocycles. The van der Waals surface area contributed by atoms with Gasteiger partial charge in [-0.1, -0.05) is 36.4 Å². The number of ether oxygens (including phenoxy) is 2. The zero-order chi connectivity index (χ0) is 22.4. The van der Waals surface area contributed by atoms with Crippen LogP contribution in [-0.2, 0) is 14.3 Å². The van der Waals surface area contributed by atoms with Gasteiger partial charge in [-0.05, 0) is 55.7 Å². The summed E-state index contributed by atoms with van der Waals surface area (Å²) >= 11 is 0. The third-order valence-electron chi connectivity index (χ3n) is 4.78. The van der Waals surface area contributed by atoms with Crippen LogP contribution in [0.5, 0.6) is 5.75 Å². The predicted octanol–water partition coefficient (Wildman–Crippen LogP) is 3.80. The lowest BCUT2D eigenvalue weighted by Crippen LogP contribution is -2.45. The molecule has 0 saturated carbocycles. The maximum absolute atomic E-state index is 12.4. The summed E-state index contributed by atoms with van der Waals surface area (Å²) in [4.78, 5) is 36.4. The largest absolute Gasteiger partial charge is 0.463 e. The molecule has 160 valence electrons. The van der Waals surface area contributed by atoms with Crippen molar-refractivity contribution >= 4 is 24.0 Å². The minimum atomic E-state index is -0.668. The molecular formula is C24H24N2O5. The highest BCUT2D eigenvalue weighted by Crippen LogP contribution is 2.29. The van der Waals surface area contributed by atoms with Gasteiger partial charge in [0.15, 0.2) is 0 Å². The lowest BCUT2D eigenvalue weighted by Gasteiger charge is -2.28. The van der Waals surface area contributed by atoms with Gasteiger partial charge in [-0.15, -0.1) is 0 Å². The molecule has 0 aliphatic carbocycles. The van der Waals surface area contributed by atoms with Crippen LogP contribution in [0, 0.1) is 6.92 Å². The van der Waals surface area contributed by atoms with E-state index in [9.17, 15) is 14.4 Å². The number of carbonyl (C=O) groups excluding carboxylic acids is 3. The molecule has 31 heavy (non-hydrogen) atoms. The number of hydrogen-bond acceptors (Lipinski definition) is 5. The summed E-state index contributed by atoms with van der Waals surface area (Å²) in [7, 11) is 0. The summed E-state index contributed by atoms with van der Waals surface area (Å²) in [5.74, 6) is -0.662. The van der Waals surface area contributed by atoms with Crippen molar-refractivity contribution in [1.29, 1.82) is 0 Å². The van der Waals surface area contributed by atoms with E-state index in [4.69, 9.17) is 9.47 Å². The molecule has 7 heteroatoms. The molecule has 0 saturated heterocycles. The van der Waals surface area contributed by atoms with Crippen molar-refractivity contribution in [1.82, 2.24) is 10.6 Å². The Hall–Kier alpha value is -3.87. The summed E-state index contributed by atoms with van der Waals surface area (Å²) in [6, 6.07) is 13.2. The van der Waals surface area contributed by atoms with Gasteiger partial charge in [0.1, 0.15) is 5.75 Å². The summed E-state index contributed by atoms with van der Waals surface area (Å²) in [5.41, 5.74) is 3.41. The first-order chi connectivity index (χ1) is 14.9. The molecule has 0 bridgehead atoms. The van der Waals surface area contributed by atoms with Crippen LogP contribution in [0.2, 0.25) is 0 Å². The van der Waals surface area contributed by atoms with Crippen molar-refractivity contribution in [2.45, 2.75) is 26.8 Å². The first-order valence-electron chi connectivity index (χ1n) is 9.90. The molecule has 1 unspecified atom stereocenters. The highest BCUT2D eigenvalue weighted by atomic mass is 16.5. The van der Waals surface area contributed by atoms with E-state index in [-0.39, 0.29) is 6.61 Å². The summed E-state index contributed by atoms with van der Waals surface area (Å²) < 4.78 is 10.5. The molecule has 2 N–H and O–H groups in total. The van der Waals surface area contributed by atoms with Crippen LogP contribution < -0.4 is 15.4 Å². The fourth-order valence-corrected chi connectivity index (χ4v) is 3.23. The molecule has 2 aromatic rings. The van der Waals surface area contributed by atoms with Gasteiger partial charge in [0.25, 0.3) is 0 Å². The van der Waals surface area contributed by atoms with Crippen LogP contribution in [0.15, 0.2) is 65.9 Å². The number of esters is 2. The second-order valence-corrected chi connectivity index (χ2v) is 6.97. The van der Waals surface area contributed by atoms with Gasteiger partial charge in [-0.25, -0.2) is 14.4 Å². The third kappa shape index (κ3) is 5.39. The fourth-order valence-electron chi connectivity index (χ4n) is 3.23. The molecule has 0 aromatic heterocycles. The van der Waals surface area contributed by atoms with Gasteiger partial charge in [-0.3, -0.25) is 0 Å². The Morgan fingerprint density at radius 1 is 1.06 bits per heavy atom. The molecule has 1 aliphatic heterocycles. The van der Waals surface area contributed by atoms with Crippen LogP contribution in [0.3, 0.4) is 0 Å². The quantitative estimate of drug-likeness (QED) is 0.421. The SMILES string of the molecule is CCOC(=O)C1=C(C)NC(=O)NC1c1ccc(OC(=O)/C=C/c2ccccc2C)cc1. The van der Waals surface area contributed by atoms with E-state index < -0.39 is 24.0 Å². The third-order valence-corrected chi connectivity index (χ3v) is 4.78. The number of hydrogen-bond donors (Lipinski definition) is 2. The fraction of sp³-hybridized carbons (Fsp3) is 0.208. The van der Waals surface area contributed by atoms with E-state index in [1.54, 1.807) is 44.2 Å². The van der Waals surface area contributed by atoms with Gasteiger partial charge in [0.05, 0.1) is 18.2 Å². The average molecular weight is 420 g/mol. The van der Waals surface area contributed by atoms with Crippen molar-refractivity contribution in [3.63, 3.8) is 0 Å². The van der Waals surface area contributed by atoms with Crippen molar-refractivity contribution in [2.75, 3.05) is 6.61 Å². The maximum atomic E-state index is 12.4. The lowest BCUT2D eigenvalue weighted by molar-refractivity contribution is -0.139. The van der Waals surface area contributed by atoms with Crippen LogP contribution in [0.4, 0.5) is 4.79 Å². The van der Waals surface area contributed by atoms with Crippen molar-refractivity contribution in [3.8, 4) is 5.75 Å². The predicted molar refractivity (Wildman–Crippen MR) is 116 cm³/mol. The molecule has 1 atom stereocenters. The number of amides is 2. The Kier molecular flexibility index (Phi) is 6.87. The van der Waals surface area contributed by atoms with Gasteiger partial charge in [-0.2, -0.15) is 0 Å². The monoisotopic (exact) mass is 420 g/mol. The smallest absolute Gasteiger partial charge is 0.338 e. The number of rotatable bonds is 6. The first-order valence-corrected chi connectivity index (χ1v) is 9.90. The van der Waals surface area contributed by atoms with E-state index in [2.05, 4.69) is 10.6 Å². The maximum Gasteiger partial charge on any atom is 0.338 e. The highest BCUT2D eigenvalue weighted by molar-refractivity contribution is 5.95. The summed E-state index contributed by atoms with van der Waals surface area (Å²) in [6.45, 7) is 5.55. The first kappa shape index (κ1) is 21.8. The van der Waals surface area contributed by atoms with E-state index >= 15 is 0 Å². The summed E-state index contributed by atoms with van der Waals surface area (Å²) in [5, 5.41) is 5.32. The van der Waals surface area contributed by atoms with E-state index in [0.717, 1.165) is 11.1 Å². The zero-order valence-corrected chi connectivity index (χ0v) is 17.6. The molecular weight excluding hydrogens is 396 g/mol. The van der Waals surface area contributed by atoms with E-state index in [1.807, 2.05) is 31.2 Å². The molecule has 7 nitrogen and oxygen atoms in total. The number of allylic oxidation sites excluding steroid dienone is 1. The van der Waals surface area contributed by atoms with Gasteiger partial charge in [0, 0.05) is 11.8 Å². The zero-order valence-electron chi connectivity index (χ0n) is 17.6. The molecule has 1 aliphatic rings. The van der Waals surface area contributed by atoms with Crippen molar-refractivity contribution < 1.29 is 23.9 Å². The topological polar surface area (TPSA) is 93.7 Å². The number of urea groups is 1. The van der Waals surface area contributed by atoms with Crippen LogP contribution in [0.25, 0.3) is 6.08 Å². The van der Waals surface area contributed by atoms with Gasteiger partial charge in [0.2, 0.25) is 0 Å². The minimum absolute atomic E-state index is 0.223. The second-order valence-electron chi connectivity index (χ2n) is 6.97. The number of carbonyl (C=O) groups is 3. The normalized spacial score (nSPS) is 16.0. The molecule has 0 spiro atoms. The Morgan fingerprint density at radius 3 is 2.45 bits per heavy atom. The standard InChI is InChI=1S/C24H24N2O5/c1-4-30-23(28)21-16(3)25-24(29)26-22(21)18-9-12-19(13-10-18)31-20(27)14-11-17-8-6-5-7-15(17)2/h5-14,22H,4H2,1-3H3,(H2,25,26,29)/b14-11+. The Morgan fingerprint density at radius 2 is 1.77 bits per heavy atom. The minimum Gasteiger partial charge on any atom is -0.463 e. The summed E-state index contributed by atoms with van der Waals surface area (Å²) in [6.07, 6.45) is 3.07. The van der Waals surface area contributed by atoms with Crippen LogP contribution >= 0.6 is 0 Å².